The lowest BCUT2D eigenvalue weighted by molar-refractivity contribution is 0.0699. The third kappa shape index (κ3) is 8.78. The largest absolute Gasteiger partial charge is 0.396 e. The summed E-state index contributed by atoms with van der Waals surface area (Å²) in [5, 5.41) is 8.63. The Morgan fingerprint density at radius 3 is 2.56 bits per heavy atom. The van der Waals surface area contributed by atoms with E-state index in [1.165, 1.54) is 11.4 Å². The summed E-state index contributed by atoms with van der Waals surface area (Å²) in [5.74, 6) is 0. The Bertz CT molecular complexity index is 284. The van der Waals surface area contributed by atoms with Crippen LogP contribution in [0, 0.1) is 0 Å². The van der Waals surface area contributed by atoms with E-state index in [1.807, 2.05) is 0 Å². The van der Waals surface area contributed by atoms with E-state index in [9.17, 15) is 8.42 Å². The fraction of sp³-hybridized carbons (Fsp3) is 1.00. The molecular weight excluding hydrogens is 260 g/mol. The summed E-state index contributed by atoms with van der Waals surface area (Å²) in [7, 11) is -0.362. The Labute approximate surface area is 109 Å². The van der Waals surface area contributed by atoms with Crippen LogP contribution in [0.1, 0.15) is 12.8 Å². The molecule has 0 aromatic rings. The Balaban J connectivity index is 3.64. The number of aliphatic hydroxyl groups is 1. The minimum atomic E-state index is -3.44. The molecule has 0 aliphatic rings. The second-order valence-electron chi connectivity index (χ2n) is 3.76. The summed E-state index contributed by atoms with van der Waals surface area (Å²) in [6, 6.07) is 0. The summed E-state index contributed by atoms with van der Waals surface area (Å²) in [6.45, 7) is 2.16. The van der Waals surface area contributed by atoms with E-state index in [0.29, 0.717) is 45.8 Å². The number of aliphatic hydroxyl groups excluding tert-OH is 1. The molecule has 0 saturated carbocycles. The van der Waals surface area contributed by atoms with Crippen LogP contribution in [0.15, 0.2) is 0 Å². The fourth-order valence-corrected chi connectivity index (χ4v) is 2.14. The first kappa shape index (κ1) is 17.8. The number of hydrogen-bond donors (Lipinski definition) is 2. The first-order chi connectivity index (χ1) is 8.54. The SMILES string of the molecule is COCCOCCCNS(=O)(=O)N(C)CCCO. The van der Waals surface area contributed by atoms with Crippen molar-refractivity contribution in [2.75, 3.05) is 53.7 Å². The average Bonchev–Trinajstić information content (AvgIpc) is 2.34. The van der Waals surface area contributed by atoms with E-state index in [4.69, 9.17) is 14.6 Å². The van der Waals surface area contributed by atoms with Gasteiger partial charge in [-0.3, -0.25) is 0 Å². The molecule has 0 atom stereocenters. The van der Waals surface area contributed by atoms with Gasteiger partial charge in [0, 0.05) is 40.5 Å². The zero-order chi connectivity index (χ0) is 13.9. The van der Waals surface area contributed by atoms with Crippen LogP contribution in [-0.4, -0.2) is 71.5 Å². The molecule has 0 radical (unpaired) electrons. The topological polar surface area (TPSA) is 88.1 Å². The number of nitrogens with zero attached hydrogens (tertiary/aromatic N) is 1. The van der Waals surface area contributed by atoms with Crippen LogP contribution in [0.3, 0.4) is 0 Å². The Morgan fingerprint density at radius 1 is 1.22 bits per heavy atom. The van der Waals surface area contributed by atoms with Crippen LogP contribution in [-0.2, 0) is 19.7 Å². The predicted octanol–water partition coefficient (Wildman–Crippen LogP) is -0.812. The van der Waals surface area contributed by atoms with Crippen LogP contribution < -0.4 is 4.72 Å². The van der Waals surface area contributed by atoms with E-state index in [-0.39, 0.29) is 6.61 Å². The molecule has 0 aromatic carbocycles. The summed E-state index contributed by atoms with van der Waals surface area (Å²) >= 11 is 0. The molecule has 0 heterocycles. The Hall–Kier alpha value is -0.250. The number of nitrogens with one attached hydrogen (secondary N) is 1. The highest BCUT2D eigenvalue weighted by Crippen LogP contribution is 1.95. The number of hydrogen-bond acceptors (Lipinski definition) is 5. The van der Waals surface area contributed by atoms with Gasteiger partial charge in [0.2, 0.25) is 0 Å². The summed E-state index contributed by atoms with van der Waals surface area (Å²) in [4.78, 5) is 0. The molecule has 8 heteroatoms. The fourth-order valence-electron chi connectivity index (χ4n) is 1.14. The summed E-state index contributed by atoms with van der Waals surface area (Å²) in [5.41, 5.74) is 0. The zero-order valence-corrected chi connectivity index (χ0v) is 11.9. The lowest BCUT2D eigenvalue weighted by Gasteiger charge is -2.17. The monoisotopic (exact) mass is 284 g/mol. The molecular formula is C10H24N2O5S. The molecule has 7 nitrogen and oxygen atoms in total. The number of rotatable bonds is 12. The second kappa shape index (κ2) is 10.7. The summed E-state index contributed by atoms with van der Waals surface area (Å²) < 4.78 is 37.0. The molecule has 0 fully saturated rings. The molecule has 0 aliphatic carbocycles. The van der Waals surface area contributed by atoms with Gasteiger partial charge in [-0.1, -0.05) is 0 Å². The normalized spacial score (nSPS) is 12.2. The van der Waals surface area contributed by atoms with Gasteiger partial charge in [-0.2, -0.15) is 12.7 Å². The Morgan fingerprint density at radius 2 is 1.94 bits per heavy atom. The molecule has 0 bridgehead atoms. The van der Waals surface area contributed by atoms with Crippen LogP contribution in [0.2, 0.25) is 0 Å². The van der Waals surface area contributed by atoms with E-state index >= 15 is 0 Å². The average molecular weight is 284 g/mol. The van der Waals surface area contributed by atoms with Gasteiger partial charge in [0.15, 0.2) is 0 Å². The van der Waals surface area contributed by atoms with Crippen molar-refractivity contribution in [1.29, 1.82) is 0 Å². The minimum absolute atomic E-state index is 0.0206. The lowest BCUT2D eigenvalue weighted by atomic mass is 10.5. The van der Waals surface area contributed by atoms with E-state index in [2.05, 4.69) is 4.72 Å². The van der Waals surface area contributed by atoms with E-state index < -0.39 is 10.2 Å². The third-order valence-electron chi connectivity index (χ3n) is 2.22. The van der Waals surface area contributed by atoms with Crippen LogP contribution in [0.5, 0.6) is 0 Å². The number of methoxy groups -OCH3 is 1. The van der Waals surface area contributed by atoms with Crippen molar-refractivity contribution in [3.05, 3.63) is 0 Å². The maximum Gasteiger partial charge on any atom is 0.279 e. The molecule has 18 heavy (non-hydrogen) atoms. The highest BCUT2D eigenvalue weighted by Gasteiger charge is 2.15. The van der Waals surface area contributed by atoms with Crippen LogP contribution in [0.25, 0.3) is 0 Å². The van der Waals surface area contributed by atoms with Gasteiger partial charge in [0.05, 0.1) is 13.2 Å². The van der Waals surface area contributed by atoms with Gasteiger partial charge in [-0.05, 0) is 12.8 Å². The molecule has 0 aliphatic heterocycles. The highest BCUT2D eigenvalue weighted by molar-refractivity contribution is 7.87. The standard InChI is InChI=1S/C10H24N2O5S/c1-12(6-4-7-13)18(14,15)11-5-3-8-17-10-9-16-2/h11,13H,3-10H2,1-2H3. The van der Waals surface area contributed by atoms with Crippen molar-refractivity contribution in [3.63, 3.8) is 0 Å². The molecule has 2 N–H and O–H groups in total. The third-order valence-corrected chi connectivity index (χ3v) is 3.80. The second-order valence-corrected chi connectivity index (χ2v) is 5.62. The minimum Gasteiger partial charge on any atom is -0.396 e. The predicted molar refractivity (Wildman–Crippen MR) is 68.6 cm³/mol. The number of ether oxygens (including phenoxy) is 2. The van der Waals surface area contributed by atoms with Crippen molar-refractivity contribution in [1.82, 2.24) is 9.03 Å². The molecule has 110 valence electrons. The molecule has 0 amide bonds. The maximum atomic E-state index is 11.6. The van der Waals surface area contributed by atoms with Crippen LogP contribution >= 0.6 is 0 Å². The smallest absolute Gasteiger partial charge is 0.279 e. The van der Waals surface area contributed by atoms with Gasteiger partial charge in [-0.15, -0.1) is 0 Å². The van der Waals surface area contributed by atoms with E-state index in [0.717, 1.165) is 0 Å². The molecule has 0 rings (SSSR count). The molecule has 0 saturated heterocycles. The van der Waals surface area contributed by atoms with Crippen LogP contribution in [0.4, 0.5) is 0 Å². The molecule has 0 spiro atoms. The molecule has 0 aromatic heterocycles. The van der Waals surface area contributed by atoms with Gasteiger partial charge in [0.25, 0.3) is 10.2 Å². The lowest BCUT2D eigenvalue weighted by Crippen LogP contribution is -2.39. The zero-order valence-electron chi connectivity index (χ0n) is 11.1. The van der Waals surface area contributed by atoms with Crippen molar-refractivity contribution in [2.45, 2.75) is 12.8 Å². The van der Waals surface area contributed by atoms with Gasteiger partial charge in [0.1, 0.15) is 0 Å². The first-order valence-corrected chi connectivity index (χ1v) is 7.37. The Kier molecular flexibility index (Phi) is 10.5. The first-order valence-electron chi connectivity index (χ1n) is 5.93. The maximum absolute atomic E-state index is 11.6. The van der Waals surface area contributed by atoms with Crippen molar-refractivity contribution in [2.24, 2.45) is 0 Å². The highest BCUT2D eigenvalue weighted by atomic mass is 32.2. The van der Waals surface area contributed by atoms with Gasteiger partial charge >= 0.3 is 0 Å². The van der Waals surface area contributed by atoms with Gasteiger partial charge < -0.3 is 14.6 Å². The van der Waals surface area contributed by atoms with Crippen molar-refractivity contribution < 1.29 is 23.0 Å². The van der Waals surface area contributed by atoms with Crippen molar-refractivity contribution >= 4 is 10.2 Å². The van der Waals surface area contributed by atoms with E-state index in [1.54, 1.807) is 7.11 Å². The van der Waals surface area contributed by atoms with Crippen molar-refractivity contribution in [3.8, 4) is 0 Å². The quantitative estimate of drug-likeness (QED) is 0.458. The van der Waals surface area contributed by atoms with Gasteiger partial charge in [-0.25, -0.2) is 4.72 Å². The molecule has 0 unspecified atom stereocenters. The summed E-state index contributed by atoms with van der Waals surface area (Å²) in [6.07, 6.45) is 1.04.